The Morgan fingerprint density at radius 3 is 1.71 bits per heavy atom. The first-order valence-electron chi connectivity index (χ1n) is 9.13. The first kappa shape index (κ1) is 20.0. The molecule has 130 valence electrons. The molecule has 1 rings (SSSR count). The number of hydrogen-bond acceptors (Lipinski definition) is 2. The third-order valence-corrected chi connectivity index (χ3v) is 3.88. The van der Waals surface area contributed by atoms with Crippen LogP contribution in [0.25, 0.3) is 0 Å². The normalized spacial score (nSPS) is 10.0. The fourth-order valence-electron chi connectivity index (χ4n) is 2.48. The van der Waals surface area contributed by atoms with Gasteiger partial charge in [0.15, 0.2) is 5.75 Å². The molecule has 0 unspecified atom stereocenters. The van der Waals surface area contributed by atoms with Crippen molar-refractivity contribution in [3.05, 3.63) is 23.3 Å². The first-order valence-corrected chi connectivity index (χ1v) is 9.13. The average molecular weight is 326 g/mol. The van der Waals surface area contributed by atoms with Crippen molar-refractivity contribution in [1.29, 1.82) is 0 Å². The molecule has 0 bridgehead atoms. The molecule has 1 aromatic carbocycles. The summed E-state index contributed by atoms with van der Waals surface area (Å²) in [5.74, 6) is 6.71. The van der Waals surface area contributed by atoms with Gasteiger partial charge in [-0.1, -0.05) is 64.2 Å². The number of ether oxygens (including phenoxy) is 2. The van der Waals surface area contributed by atoms with Gasteiger partial charge in [-0.05, 0) is 25.0 Å². The van der Waals surface area contributed by atoms with E-state index < -0.39 is 0 Å². The maximum Gasteiger partial charge on any atom is 0.150 e. The Bertz CT molecular complexity index is 525. The molecule has 0 aromatic heterocycles. The lowest BCUT2D eigenvalue weighted by molar-refractivity contribution is 0.295. The van der Waals surface area contributed by atoms with E-state index in [0.29, 0.717) is 30.1 Å². The quantitative estimate of drug-likeness (QED) is 0.369. The largest absolute Gasteiger partial charge is 0.494 e. The van der Waals surface area contributed by atoms with Crippen LogP contribution in [0.1, 0.15) is 76.3 Å². The standard InChI is InChI=1S/C22H30O2/c1-5-9-11-13-15-23-21-17-19(7-3)22(20(8-4)18-21)24-16-14-12-10-6-2/h3-4,17-18H,5-6,9-16H2,1-2H3. The molecule has 0 saturated carbocycles. The molecule has 0 aliphatic heterocycles. The highest BCUT2D eigenvalue weighted by molar-refractivity contribution is 5.59. The van der Waals surface area contributed by atoms with Gasteiger partial charge in [0.1, 0.15) is 5.75 Å². The molecule has 0 atom stereocenters. The summed E-state index contributed by atoms with van der Waals surface area (Å²) in [6.07, 6.45) is 20.5. The van der Waals surface area contributed by atoms with Crippen molar-refractivity contribution in [3.8, 4) is 36.2 Å². The summed E-state index contributed by atoms with van der Waals surface area (Å²) in [5.41, 5.74) is 1.34. The zero-order valence-corrected chi connectivity index (χ0v) is 15.2. The van der Waals surface area contributed by atoms with Gasteiger partial charge < -0.3 is 9.47 Å². The summed E-state index contributed by atoms with van der Waals surface area (Å²) >= 11 is 0. The van der Waals surface area contributed by atoms with Crippen LogP contribution >= 0.6 is 0 Å². The van der Waals surface area contributed by atoms with Gasteiger partial charge in [0, 0.05) is 0 Å². The van der Waals surface area contributed by atoms with Crippen LogP contribution in [0.2, 0.25) is 0 Å². The minimum absolute atomic E-state index is 0.634. The number of benzene rings is 1. The molecule has 0 heterocycles. The topological polar surface area (TPSA) is 18.5 Å². The number of unbranched alkanes of at least 4 members (excludes halogenated alkanes) is 6. The predicted molar refractivity (Wildman–Crippen MR) is 102 cm³/mol. The fraction of sp³-hybridized carbons (Fsp3) is 0.545. The second-order valence-electron chi connectivity index (χ2n) is 5.95. The number of hydrogen-bond donors (Lipinski definition) is 0. The van der Waals surface area contributed by atoms with Crippen LogP contribution in [0.4, 0.5) is 0 Å². The van der Waals surface area contributed by atoms with Gasteiger partial charge in [0.25, 0.3) is 0 Å². The van der Waals surface area contributed by atoms with Crippen molar-refractivity contribution < 1.29 is 9.47 Å². The Balaban J connectivity index is 2.68. The molecule has 0 spiro atoms. The van der Waals surface area contributed by atoms with Crippen molar-refractivity contribution in [2.75, 3.05) is 13.2 Å². The van der Waals surface area contributed by atoms with Crippen molar-refractivity contribution in [2.24, 2.45) is 0 Å². The lowest BCUT2D eigenvalue weighted by Gasteiger charge is -2.13. The highest BCUT2D eigenvalue weighted by Crippen LogP contribution is 2.29. The molecule has 0 saturated heterocycles. The van der Waals surface area contributed by atoms with E-state index in [1.54, 1.807) is 0 Å². The summed E-state index contributed by atoms with van der Waals surface area (Å²) in [6.45, 7) is 5.71. The van der Waals surface area contributed by atoms with E-state index in [1.807, 2.05) is 12.1 Å². The minimum Gasteiger partial charge on any atom is -0.494 e. The molecule has 0 radical (unpaired) electrons. The molecular weight excluding hydrogens is 296 g/mol. The monoisotopic (exact) mass is 326 g/mol. The molecule has 0 fully saturated rings. The van der Waals surface area contributed by atoms with E-state index >= 15 is 0 Å². The van der Waals surface area contributed by atoms with Gasteiger partial charge in [-0.2, -0.15) is 0 Å². The van der Waals surface area contributed by atoms with Gasteiger partial charge in [-0.15, -0.1) is 12.8 Å². The Labute approximate surface area is 147 Å². The van der Waals surface area contributed by atoms with E-state index in [-0.39, 0.29) is 0 Å². The number of rotatable bonds is 12. The second-order valence-corrected chi connectivity index (χ2v) is 5.95. The lowest BCUT2D eigenvalue weighted by Crippen LogP contribution is -2.03. The highest BCUT2D eigenvalue weighted by Gasteiger charge is 2.11. The molecule has 0 N–H and O–H groups in total. The summed E-state index contributed by atoms with van der Waals surface area (Å²) < 4.78 is 11.7. The van der Waals surface area contributed by atoms with Gasteiger partial charge in [0.05, 0.1) is 24.3 Å². The van der Waals surface area contributed by atoms with Crippen LogP contribution in [0, 0.1) is 24.7 Å². The van der Waals surface area contributed by atoms with Crippen molar-refractivity contribution in [3.63, 3.8) is 0 Å². The molecule has 0 aliphatic rings. The third-order valence-electron chi connectivity index (χ3n) is 3.88. The third kappa shape index (κ3) is 7.01. The molecule has 2 heteroatoms. The molecular formula is C22H30O2. The Morgan fingerprint density at radius 2 is 1.25 bits per heavy atom. The van der Waals surface area contributed by atoms with Crippen molar-refractivity contribution >= 4 is 0 Å². The zero-order chi connectivity index (χ0) is 17.6. The molecule has 1 aromatic rings. The van der Waals surface area contributed by atoms with Gasteiger partial charge in [0.2, 0.25) is 0 Å². The highest BCUT2D eigenvalue weighted by atomic mass is 16.5. The van der Waals surface area contributed by atoms with Crippen LogP contribution in [0.15, 0.2) is 12.1 Å². The lowest BCUT2D eigenvalue weighted by atomic mass is 10.1. The summed E-state index contributed by atoms with van der Waals surface area (Å²) in [5, 5.41) is 0. The zero-order valence-electron chi connectivity index (χ0n) is 15.2. The van der Waals surface area contributed by atoms with E-state index in [9.17, 15) is 0 Å². The van der Waals surface area contributed by atoms with Crippen molar-refractivity contribution in [1.82, 2.24) is 0 Å². The summed E-state index contributed by atoms with van der Waals surface area (Å²) in [6, 6.07) is 3.70. The van der Waals surface area contributed by atoms with Crippen LogP contribution in [0.5, 0.6) is 11.5 Å². The first-order chi connectivity index (χ1) is 11.8. The average Bonchev–Trinajstić information content (AvgIpc) is 2.61. The van der Waals surface area contributed by atoms with E-state index in [1.165, 1.54) is 32.1 Å². The predicted octanol–water partition coefficient (Wildman–Crippen LogP) is 5.57. The Hall–Kier alpha value is -2.06. The Kier molecular flexibility index (Phi) is 10.3. The minimum atomic E-state index is 0.634. The summed E-state index contributed by atoms with van der Waals surface area (Å²) in [7, 11) is 0. The van der Waals surface area contributed by atoms with Crippen LogP contribution in [-0.4, -0.2) is 13.2 Å². The van der Waals surface area contributed by atoms with Crippen LogP contribution in [-0.2, 0) is 0 Å². The molecule has 0 aliphatic carbocycles. The van der Waals surface area contributed by atoms with Gasteiger partial charge in [-0.25, -0.2) is 0 Å². The molecule has 0 amide bonds. The van der Waals surface area contributed by atoms with Crippen molar-refractivity contribution in [2.45, 2.75) is 65.2 Å². The maximum atomic E-state index is 5.87. The van der Waals surface area contributed by atoms with Gasteiger partial charge in [-0.3, -0.25) is 0 Å². The Morgan fingerprint density at radius 1 is 0.750 bits per heavy atom. The SMILES string of the molecule is C#Cc1cc(OCCCCCC)cc(C#C)c1OCCCCCC. The molecule has 2 nitrogen and oxygen atoms in total. The smallest absolute Gasteiger partial charge is 0.150 e. The summed E-state index contributed by atoms with van der Waals surface area (Å²) in [4.78, 5) is 0. The number of terminal acetylenes is 2. The van der Waals surface area contributed by atoms with Gasteiger partial charge >= 0.3 is 0 Å². The second kappa shape index (κ2) is 12.4. The van der Waals surface area contributed by atoms with Crippen LogP contribution < -0.4 is 9.47 Å². The van der Waals surface area contributed by atoms with Crippen LogP contribution in [0.3, 0.4) is 0 Å². The van der Waals surface area contributed by atoms with E-state index in [4.69, 9.17) is 22.3 Å². The van der Waals surface area contributed by atoms with E-state index in [0.717, 1.165) is 25.0 Å². The molecule has 24 heavy (non-hydrogen) atoms. The maximum absolute atomic E-state index is 5.87. The van der Waals surface area contributed by atoms with E-state index in [2.05, 4.69) is 25.7 Å². The fourth-order valence-corrected chi connectivity index (χ4v) is 2.48.